The number of hydrogen-bond acceptors (Lipinski definition) is 3. The topological polar surface area (TPSA) is 21.3 Å². The fourth-order valence-electron chi connectivity index (χ4n) is 1.34. The molecule has 0 atom stereocenters. The van der Waals surface area contributed by atoms with Gasteiger partial charge in [0.15, 0.2) is 0 Å². The number of anilines is 1. The fraction of sp³-hybridized carbons (Fsp3) is 0.167. The van der Waals surface area contributed by atoms with Crippen molar-refractivity contribution in [3.8, 4) is 5.75 Å². The fourth-order valence-corrected chi connectivity index (χ4v) is 2.77. The lowest BCUT2D eigenvalue weighted by Gasteiger charge is -2.05. The molecule has 0 aliphatic carbocycles. The molecule has 4 heteroatoms. The minimum Gasteiger partial charge on any atom is -0.497 e. The highest BCUT2D eigenvalue weighted by Gasteiger charge is 1.98. The summed E-state index contributed by atoms with van der Waals surface area (Å²) in [6, 6.07) is 12.1. The molecule has 1 aromatic heterocycles. The number of halogens is 1. The van der Waals surface area contributed by atoms with Crippen molar-refractivity contribution in [2.45, 2.75) is 6.54 Å². The molecule has 0 fully saturated rings. The summed E-state index contributed by atoms with van der Waals surface area (Å²) >= 11 is 5.20. The van der Waals surface area contributed by atoms with Gasteiger partial charge in [-0.25, -0.2) is 0 Å². The summed E-state index contributed by atoms with van der Waals surface area (Å²) in [4.78, 5) is 1.31. The van der Waals surface area contributed by atoms with Crippen LogP contribution in [0.5, 0.6) is 5.75 Å². The smallest absolute Gasteiger partial charge is 0.119 e. The van der Waals surface area contributed by atoms with E-state index in [0.29, 0.717) is 0 Å². The van der Waals surface area contributed by atoms with E-state index in [2.05, 4.69) is 33.4 Å². The van der Waals surface area contributed by atoms with Gasteiger partial charge in [0.05, 0.1) is 10.9 Å². The van der Waals surface area contributed by atoms with Crippen LogP contribution in [0.15, 0.2) is 40.2 Å². The Kier molecular flexibility index (Phi) is 3.85. The summed E-state index contributed by atoms with van der Waals surface area (Å²) in [7, 11) is 1.67. The highest BCUT2D eigenvalue weighted by Crippen LogP contribution is 2.23. The molecule has 0 aliphatic rings. The first-order chi connectivity index (χ1) is 7.78. The van der Waals surface area contributed by atoms with Crippen molar-refractivity contribution in [2.24, 2.45) is 0 Å². The lowest BCUT2D eigenvalue weighted by molar-refractivity contribution is 0.415. The molecule has 16 heavy (non-hydrogen) atoms. The molecule has 1 aromatic carbocycles. The summed E-state index contributed by atoms with van der Waals surface area (Å²) in [5.41, 5.74) is 1.10. The third-order valence-corrected chi connectivity index (χ3v) is 3.81. The number of ether oxygens (including phenoxy) is 1. The zero-order valence-electron chi connectivity index (χ0n) is 8.87. The van der Waals surface area contributed by atoms with E-state index in [9.17, 15) is 0 Å². The van der Waals surface area contributed by atoms with Gasteiger partial charge in [-0.15, -0.1) is 11.3 Å². The van der Waals surface area contributed by atoms with Gasteiger partial charge in [-0.3, -0.25) is 0 Å². The lowest BCUT2D eigenvalue weighted by Crippen LogP contribution is -1.96. The molecular weight excluding hydrogens is 286 g/mol. The van der Waals surface area contributed by atoms with Crippen molar-refractivity contribution < 1.29 is 4.74 Å². The van der Waals surface area contributed by atoms with E-state index < -0.39 is 0 Å². The molecule has 2 aromatic rings. The average Bonchev–Trinajstić information content (AvgIpc) is 2.73. The molecule has 2 rings (SSSR count). The SMILES string of the molecule is COc1ccc(NCc2ccc(Br)s2)cc1. The normalized spacial score (nSPS) is 10.1. The molecule has 2 nitrogen and oxygen atoms in total. The van der Waals surface area contributed by atoms with Crippen molar-refractivity contribution in [1.82, 2.24) is 0 Å². The second-order valence-electron chi connectivity index (χ2n) is 3.29. The summed E-state index contributed by atoms with van der Waals surface area (Å²) in [5.74, 6) is 0.879. The van der Waals surface area contributed by atoms with Gasteiger partial charge in [0.1, 0.15) is 5.75 Å². The van der Waals surface area contributed by atoms with Gasteiger partial charge in [0, 0.05) is 17.1 Å². The first kappa shape index (κ1) is 11.5. The van der Waals surface area contributed by atoms with Crippen LogP contribution in [0, 0.1) is 0 Å². The second-order valence-corrected chi connectivity index (χ2v) is 5.84. The van der Waals surface area contributed by atoms with Gasteiger partial charge in [-0.1, -0.05) is 0 Å². The summed E-state index contributed by atoms with van der Waals surface area (Å²) < 4.78 is 6.27. The Bertz CT molecular complexity index is 452. The van der Waals surface area contributed by atoms with Crippen LogP contribution >= 0.6 is 27.3 Å². The van der Waals surface area contributed by atoms with Crippen LogP contribution in [-0.2, 0) is 6.54 Å². The van der Waals surface area contributed by atoms with Gasteiger partial charge in [0.25, 0.3) is 0 Å². The maximum atomic E-state index is 5.10. The van der Waals surface area contributed by atoms with Crippen molar-refractivity contribution in [2.75, 3.05) is 12.4 Å². The standard InChI is InChI=1S/C12H12BrNOS/c1-15-10-4-2-9(3-5-10)14-8-11-6-7-12(13)16-11/h2-7,14H,8H2,1H3. The van der Waals surface area contributed by atoms with E-state index >= 15 is 0 Å². The quantitative estimate of drug-likeness (QED) is 0.916. The molecule has 0 unspecified atom stereocenters. The van der Waals surface area contributed by atoms with Crippen LogP contribution in [-0.4, -0.2) is 7.11 Å². The zero-order valence-corrected chi connectivity index (χ0v) is 11.3. The monoisotopic (exact) mass is 297 g/mol. The highest BCUT2D eigenvalue weighted by molar-refractivity contribution is 9.11. The zero-order chi connectivity index (χ0) is 11.4. The van der Waals surface area contributed by atoms with Crippen molar-refractivity contribution in [3.05, 3.63) is 45.1 Å². The molecule has 1 heterocycles. The predicted molar refractivity (Wildman–Crippen MR) is 72.3 cm³/mol. The molecule has 0 spiro atoms. The molecule has 0 amide bonds. The molecule has 0 radical (unpaired) electrons. The first-order valence-electron chi connectivity index (χ1n) is 4.90. The van der Waals surface area contributed by atoms with Crippen LogP contribution in [0.1, 0.15) is 4.88 Å². The van der Waals surface area contributed by atoms with E-state index in [1.807, 2.05) is 24.3 Å². The minimum atomic E-state index is 0.850. The Morgan fingerprint density at radius 1 is 1.19 bits per heavy atom. The van der Waals surface area contributed by atoms with Crippen LogP contribution < -0.4 is 10.1 Å². The molecule has 1 N–H and O–H groups in total. The molecule has 0 aliphatic heterocycles. The molecule has 0 saturated heterocycles. The van der Waals surface area contributed by atoms with Crippen molar-refractivity contribution >= 4 is 33.0 Å². The largest absolute Gasteiger partial charge is 0.497 e. The maximum absolute atomic E-state index is 5.10. The van der Waals surface area contributed by atoms with Crippen LogP contribution in [0.4, 0.5) is 5.69 Å². The summed E-state index contributed by atoms with van der Waals surface area (Å²) in [6.07, 6.45) is 0. The number of hydrogen-bond donors (Lipinski definition) is 1. The third-order valence-electron chi connectivity index (χ3n) is 2.19. The van der Waals surface area contributed by atoms with Crippen LogP contribution in [0.3, 0.4) is 0 Å². The van der Waals surface area contributed by atoms with E-state index in [-0.39, 0.29) is 0 Å². The first-order valence-corrected chi connectivity index (χ1v) is 6.51. The molecule has 84 valence electrons. The minimum absolute atomic E-state index is 0.850. The highest BCUT2D eigenvalue weighted by atomic mass is 79.9. The van der Waals surface area contributed by atoms with Gasteiger partial charge in [-0.2, -0.15) is 0 Å². The summed E-state index contributed by atoms with van der Waals surface area (Å²) in [6.45, 7) is 0.850. The Morgan fingerprint density at radius 3 is 2.50 bits per heavy atom. The van der Waals surface area contributed by atoms with Crippen molar-refractivity contribution in [1.29, 1.82) is 0 Å². The number of thiophene rings is 1. The van der Waals surface area contributed by atoms with Gasteiger partial charge in [-0.05, 0) is 52.3 Å². The predicted octanol–water partition coefficient (Wildman–Crippen LogP) is 4.13. The third kappa shape index (κ3) is 3.00. The Morgan fingerprint density at radius 2 is 1.94 bits per heavy atom. The Hall–Kier alpha value is -1.00. The van der Waals surface area contributed by atoms with E-state index in [1.165, 1.54) is 8.66 Å². The van der Waals surface area contributed by atoms with E-state index in [1.54, 1.807) is 18.4 Å². The molecule has 0 bridgehead atoms. The number of nitrogens with one attached hydrogen (secondary N) is 1. The average molecular weight is 298 g/mol. The van der Waals surface area contributed by atoms with E-state index in [4.69, 9.17) is 4.74 Å². The number of rotatable bonds is 4. The number of methoxy groups -OCH3 is 1. The second kappa shape index (κ2) is 5.37. The lowest BCUT2D eigenvalue weighted by atomic mass is 10.3. The summed E-state index contributed by atoms with van der Waals surface area (Å²) in [5, 5.41) is 3.36. The van der Waals surface area contributed by atoms with Crippen LogP contribution in [0.25, 0.3) is 0 Å². The van der Waals surface area contributed by atoms with Gasteiger partial charge in [0.2, 0.25) is 0 Å². The van der Waals surface area contributed by atoms with Gasteiger partial charge >= 0.3 is 0 Å². The van der Waals surface area contributed by atoms with E-state index in [0.717, 1.165) is 18.0 Å². The Labute approximate surface area is 107 Å². The molecule has 0 saturated carbocycles. The van der Waals surface area contributed by atoms with Crippen LogP contribution in [0.2, 0.25) is 0 Å². The van der Waals surface area contributed by atoms with Gasteiger partial charge < -0.3 is 10.1 Å². The van der Waals surface area contributed by atoms with Crippen molar-refractivity contribution in [3.63, 3.8) is 0 Å². The maximum Gasteiger partial charge on any atom is 0.119 e. The molecular formula is C12H12BrNOS. The Balaban J connectivity index is 1.94. The number of benzene rings is 1.